The van der Waals surface area contributed by atoms with E-state index in [1.807, 2.05) is 0 Å². The second-order valence-electron chi connectivity index (χ2n) is 6.88. The summed E-state index contributed by atoms with van der Waals surface area (Å²) < 4.78 is 221. The SMILES string of the molecule is FC(F)(CCI)CC(F)(C(F)(F)F)C(F)(F)F.N#CSCCC(F)(F)CC(F)(C(F)(F)F)C(F)(F)F.N#C[S-].[K+]. The van der Waals surface area contributed by atoms with Gasteiger partial charge in [-0.2, -0.15) is 57.9 Å². The molecule has 0 amide bonds. The van der Waals surface area contributed by atoms with Crippen LogP contribution in [0.5, 0.6) is 0 Å². The number of nitriles is 2. The first-order chi connectivity index (χ1) is 16.9. The Balaban J connectivity index is -0.000000289. The standard InChI is InChI=1S/C8H6F9NS.C7H6F9I.CHNS.K/c9-5(10,1-2-19-4-18)3-6(11,7(12,13)14)8(15,16)17;8-4(9,1-2-17)3-5(10,6(11,12)13)7(14,15)16;2-1-3;/h1-3H2;1-3H2;3H;/q;;;+1/p-1. The Hall–Kier alpha value is 0.656. The molecule has 0 aliphatic heterocycles. The molecule has 24 heteroatoms. The van der Waals surface area contributed by atoms with E-state index in [1.54, 1.807) is 0 Å². The van der Waals surface area contributed by atoms with E-state index < -0.39 is 83.8 Å². The molecule has 0 atom stereocenters. The fourth-order valence-corrected chi connectivity index (χ4v) is 3.28. The van der Waals surface area contributed by atoms with Crippen LogP contribution < -0.4 is 51.4 Å². The summed E-state index contributed by atoms with van der Waals surface area (Å²) >= 11 is 5.26. The summed E-state index contributed by atoms with van der Waals surface area (Å²) in [5.41, 5.74) is -11.9. The fraction of sp³-hybridized carbons (Fsp3) is 0.875. The van der Waals surface area contributed by atoms with Crippen LogP contribution in [0.3, 0.4) is 0 Å². The van der Waals surface area contributed by atoms with Crippen LogP contribution in [0.25, 0.3) is 0 Å². The zero-order chi connectivity index (χ0) is 32.4. The largest absolute Gasteiger partial charge is 1.00 e. The molecular weight excluding hydrogens is 792 g/mol. The number of halogens is 19. The van der Waals surface area contributed by atoms with Crippen LogP contribution in [-0.4, -0.2) is 58.1 Å². The van der Waals surface area contributed by atoms with E-state index in [-0.39, 0.29) is 63.1 Å². The molecule has 0 unspecified atom stereocenters. The molecule has 0 heterocycles. The summed E-state index contributed by atoms with van der Waals surface area (Å²) in [5.74, 6) is -9.63. The molecular formula is C16H12F18IKN2S2. The van der Waals surface area contributed by atoms with Crippen LogP contribution in [-0.2, 0) is 12.6 Å². The van der Waals surface area contributed by atoms with Gasteiger partial charge in [-0.25, -0.2) is 31.6 Å². The van der Waals surface area contributed by atoms with E-state index in [4.69, 9.17) is 10.5 Å². The van der Waals surface area contributed by atoms with Crippen molar-refractivity contribution in [2.75, 3.05) is 10.2 Å². The Morgan fingerprint density at radius 2 is 0.825 bits per heavy atom. The van der Waals surface area contributed by atoms with Gasteiger partial charge in [0.2, 0.25) is 0 Å². The second-order valence-corrected chi connectivity index (χ2v) is 9.02. The van der Waals surface area contributed by atoms with Crippen LogP contribution in [0.2, 0.25) is 0 Å². The van der Waals surface area contributed by atoms with Crippen LogP contribution >= 0.6 is 34.4 Å². The summed E-state index contributed by atoms with van der Waals surface area (Å²) in [5, 5.41) is 17.8. The molecule has 40 heavy (non-hydrogen) atoms. The Kier molecular flexibility index (Phi) is 21.2. The van der Waals surface area contributed by atoms with Crippen molar-refractivity contribution in [2.45, 2.75) is 73.6 Å². The smallest absolute Gasteiger partial charge is 0.696 e. The van der Waals surface area contributed by atoms with Gasteiger partial charge in [0.05, 0.1) is 12.8 Å². The maximum absolute atomic E-state index is 13.0. The number of hydrogen-bond donors (Lipinski definition) is 0. The van der Waals surface area contributed by atoms with Crippen molar-refractivity contribution in [1.29, 1.82) is 10.5 Å². The Bertz CT molecular complexity index is 786. The Morgan fingerprint density at radius 1 is 0.575 bits per heavy atom. The van der Waals surface area contributed by atoms with Gasteiger partial charge in [0.25, 0.3) is 11.8 Å². The first kappa shape index (κ1) is 47.6. The molecule has 0 aliphatic rings. The Labute approximate surface area is 279 Å². The number of thioether (sulfide) groups is 1. The Morgan fingerprint density at radius 3 is 1.02 bits per heavy atom. The van der Waals surface area contributed by atoms with Gasteiger partial charge in [0, 0.05) is 23.0 Å². The zero-order valence-electron chi connectivity index (χ0n) is 19.1. The second kappa shape index (κ2) is 17.8. The van der Waals surface area contributed by atoms with E-state index in [1.165, 1.54) is 33.4 Å². The molecule has 0 spiro atoms. The van der Waals surface area contributed by atoms with Crippen molar-refractivity contribution in [3.63, 3.8) is 0 Å². The quantitative estimate of drug-likeness (QED) is 0.0536. The van der Waals surface area contributed by atoms with Crippen molar-refractivity contribution in [1.82, 2.24) is 0 Å². The van der Waals surface area contributed by atoms with Crippen molar-refractivity contribution in [2.24, 2.45) is 0 Å². The van der Waals surface area contributed by atoms with Crippen molar-refractivity contribution in [3.8, 4) is 10.8 Å². The molecule has 0 bridgehead atoms. The summed E-state index contributed by atoms with van der Waals surface area (Å²) in [4.78, 5) is 0. The number of rotatable bonds is 9. The number of hydrogen-bond acceptors (Lipinski definition) is 4. The van der Waals surface area contributed by atoms with Crippen molar-refractivity contribution < 1.29 is 130 Å². The van der Waals surface area contributed by atoms with Crippen molar-refractivity contribution in [3.05, 3.63) is 0 Å². The molecule has 0 aliphatic carbocycles. The third kappa shape index (κ3) is 15.9. The molecule has 0 fully saturated rings. The molecule has 2 nitrogen and oxygen atoms in total. The predicted molar refractivity (Wildman–Crippen MR) is 110 cm³/mol. The summed E-state index contributed by atoms with van der Waals surface area (Å²) in [7, 11) is 0. The predicted octanol–water partition coefficient (Wildman–Crippen LogP) is 6.14. The zero-order valence-corrected chi connectivity index (χ0v) is 26.0. The molecule has 0 saturated carbocycles. The fourth-order valence-electron chi connectivity index (χ4n) is 2.00. The first-order valence-electron chi connectivity index (χ1n) is 8.93. The molecule has 0 aromatic rings. The van der Waals surface area contributed by atoms with E-state index in [9.17, 15) is 79.0 Å². The third-order valence-corrected chi connectivity index (χ3v) is 4.97. The van der Waals surface area contributed by atoms with Gasteiger partial charge in [-0.05, 0) is 11.8 Å². The minimum Gasteiger partial charge on any atom is -0.696 e. The minimum atomic E-state index is -6.50. The van der Waals surface area contributed by atoms with Gasteiger partial charge in [0.1, 0.15) is 5.40 Å². The molecule has 0 saturated heterocycles. The van der Waals surface area contributed by atoms with E-state index in [0.29, 0.717) is 0 Å². The average molecular weight is 804 g/mol. The molecule has 0 aromatic heterocycles. The molecule has 0 radical (unpaired) electrons. The van der Waals surface area contributed by atoms with Crippen molar-refractivity contribution >= 4 is 47.0 Å². The molecule has 0 aromatic carbocycles. The van der Waals surface area contributed by atoms with E-state index >= 15 is 0 Å². The number of thiocyanates is 2. The maximum atomic E-state index is 13.0. The van der Waals surface area contributed by atoms with Crippen LogP contribution in [0.15, 0.2) is 0 Å². The van der Waals surface area contributed by atoms with Gasteiger partial charge >= 0.3 is 87.4 Å². The van der Waals surface area contributed by atoms with Gasteiger partial charge in [-0.1, -0.05) is 28.0 Å². The van der Waals surface area contributed by atoms with Crippen LogP contribution in [0.1, 0.15) is 25.7 Å². The summed E-state index contributed by atoms with van der Waals surface area (Å²) in [6.07, 6.45) is -34.6. The molecule has 0 N–H and O–H groups in total. The average Bonchev–Trinajstić information content (AvgIpc) is 2.65. The van der Waals surface area contributed by atoms with Crippen LogP contribution in [0, 0.1) is 21.3 Å². The van der Waals surface area contributed by atoms with E-state index in [0.717, 1.165) is 0 Å². The summed E-state index contributed by atoms with van der Waals surface area (Å²) in [6, 6.07) is 0. The topological polar surface area (TPSA) is 47.6 Å². The van der Waals surface area contributed by atoms with Crippen LogP contribution in [0.4, 0.5) is 79.0 Å². The van der Waals surface area contributed by atoms with Gasteiger partial charge in [-0.15, -0.1) is 0 Å². The monoisotopic (exact) mass is 804 g/mol. The van der Waals surface area contributed by atoms with Gasteiger partial charge < -0.3 is 12.6 Å². The third-order valence-electron chi connectivity index (χ3n) is 3.90. The van der Waals surface area contributed by atoms with E-state index in [2.05, 4.69) is 12.6 Å². The van der Waals surface area contributed by atoms with Gasteiger partial charge in [0.15, 0.2) is 0 Å². The number of alkyl halides is 19. The number of nitrogens with zero attached hydrogens (tertiary/aromatic N) is 2. The van der Waals surface area contributed by atoms with Gasteiger partial charge in [-0.3, -0.25) is 0 Å². The minimum absolute atomic E-state index is 0. The summed E-state index contributed by atoms with van der Waals surface area (Å²) in [6.45, 7) is 0. The first-order valence-corrected chi connectivity index (χ1v) is 11.9. The molecule has 232 valence electrons. The molecule has 0 rings (SSSR count). The maximum Gasteiger partial charge on any atom is 1.00 e. The normalized spacial score (nSPS) is 13.4.